The highest BCUT2D eigenvalue weighted by Gasteiger charge is 2.47. The van der Waals surface area contributed by atoms with E-state index in [2.05, 4.69) is 0 Å². The predicted molar refractivity (Wildman–Crippen MR) is 109 cm³/mol. The molecule has 1 heterocycles. The zero-order valence-electron chi connectivity index (χ0n) is 16.0. The number of hydrogen-bond acceptors (Lipinski definition) is 3. The van der Waals surface area contributed by atoms with Gasteiger partial charge in [0.05, 0.1) is 11.6 Å². The number of aryl methyl sites for hydroxylation is 1. The van der Waals surface area contributed by atoms with E-state index in [1.165, 1.54) is 30.3 Å². The minimum absolute atomic E-state index is 0.154. The van der Waals surface area contributed by atoms with Gasteiger partial charge in [-0.3, -0.25) is 14.5 Å². The number of aliphatic hydroxyl groups is 1. The molecule has 0 aliphatic carbocycles. The molecule has 0 unspecified atom stereocenters. The third kappa shape index (κ3) is 3.37. The molecule has 1 fully saturated rings. The van der Waals surface area contributed by atoms with Gasteiger partial charge in [0.1, 0.15) is 17.4 Å². The Balaban J connectivity index is 1.95. The number of carbonyl (C=O) groups excluding carboxylic acids is 2. The summed E-state index contributed by atoms with van der Waals surface area (Å²) in [6, 6.07) is 16.3. The average Bonchev–Trinajstić information content (AvgIpc) is 3.00. The van der Waals surface area contributed by atoms with Gasteiger partial charge in [-0.2, -0.15) is 0 Å². The molecule has 30 heavy (non-hydrogen) atoms. The first kappa shape index (κ1) is 19.5. The van der Waals surface area contributed by atoms with Crippen LogP contribution in [-0.4, -0.2) is 16.8 Å². The number of nitrogens with zero attached hydrogens (tertiary/aromatic N) is 1. The number of amides is 1. The molecular weight excluding hydrogens is 388 g/mol. The fraction of sp³-hybridized carbons (Fsp3) is 0.0833. The fourth-order valence-corrected chi connectivity index (χ4v) is 3.56. The van der Waals surface area contributed by atoms with E-state index in [0.717, 1.165) is 22.6 Å². The first-order chi connectivity index (χ1) is 14.4. The molecule has 1 N–H and O–H groups in total. The van der Waals surface area contributed by atoms with Crippen molar-refractivity contribution in [1.29, 1.82) is 0 Å². The van der Waals surface area contributed by atoms with Crippen LogP contribution in [0.4, 0.5) is 14.5 Å². The molecule has 0 saturated carbocycles. The Bertz CT molecular complexity index is 1170. The predicted octanol–water partition coefficient (Wildman–Crippen LogP) is 4.90. The van der Waals surface area contributed by atoms with Crippen LogP contribution in [0.15, 0.2) is 78.4 Å². The zero-order chi connectivity index (χ0) is 21.4. The van der Waals surface area contributed by atoms with Crippen LogP contribution in [0.3, 0.4) is 0 Å². The molecule has 4 nitrogen and oxygen atoms in total. The third-order valence-corrected chi connectivity index (χ3v) is 5.04. The maximum absolute atomic E-state index is 14.0. The van der Waals surface area contributed by atoms with Gasteiger partial charge in [-0.25, -0.2) is 8.78 Å². The summed E-state index contributed by atoms with van der Waals surface area (Å²) < 4.78 is 27.4. The van der Waals surface area contributed by atoms with Crippen molar-refractivity contribution in [1.82, 2.24) is 0 Å². The van der Waals surface area contributed by atoms with Crippen LogP contribution in [0.5, 0.6) is 0 Å². The van der Waals surface area contributed by atoms with Crippen LogP contribution in [0, 0.1) is 18.6 Å². The summed E-state index contributed by atoms with van der Waals surface area (Å²) in [6.45, 7) is 1.88. The lowest BCUT2D eigenvalue weighted by Crippen LogP contribution is -2.29. The van der Waals surface area contributed by atoms with Crippen molar-refractivity contribution in [2.75, 3.05) is 4.90 Å². The van der Waals surface area contributed by atoms with Crippen LogP contribution in [-0.2, 0) is 9.59 Å². The minimum Gasteiger partial charge on any atom is -0.507 e. The van der Waals surface area contributed by atoms with Crippen LogP contribution < -0.4 is 4.90 Å². The average molecular weight is 405 g/mol. The van der Waals surface area contributed by atoms with Crippen molar-refractivity contribution < 1.29 is 23.5 Å². The van der Waals surface area contributed by atoms with E-state index in [4.69, 9.17) is 0 Å². The molecule has 1 atom stereocenters. The normalized spacial score (nSPS) is 18.1. The quantitative estimate of drug-likeness (QED) is 0.383. The van der Waals surface area contributed by atoms with Gasteiger partial charge >= 0.3 is 0 Å². The number of anilines is 1. The molecule has 3 aromatic rings. The number of ketones is 1. The SMILES string of the molecule is Cc1ccc(C(O)=C2C(=O)C(=O)N(c3ccc(F)cc3)[C@@H]2c2cccc(F)c2)cc1. The molecule has 0 spiro atoms. The van der Waals surface area contributed by atoms with Crippen molar-refractivity contribution in [2.45, 2.75) is 13.0 Å². The van der Waals surface area contributed by atoms with Gasteiger partial charge < -0.3 is 5.11 Å². The Morgan fingerprint density at radius 3 is 2.20 bits per heavy atom. The van der Waals surface area contributed by atoms with E-state index in [1.54, 1.807) is 30.3 Å². The number of Topliss-reactive ketones (excluding diaryl/α,β-unsaturated/α-hetero) is 1. The van der Waals surface area contributed by atoms with E-state index in [9.17, 15) is 23.5 Å². The molecule has 6 heteroatoms. The van der Waals surface area contributed by atoms with Gasteiger partial charge in [0.2, 0.25) is 0 Å². The van der Waals surface area contributed by atoms with Gasteiger partial charge in [0, 0.05) is 11.3 Å². The second-order valence-corrected chi connectivity index (χ2v) is 7.07. The summed E-state index contributed by atoms with van der Waals surface area (Å²) in [7, 11) is 0. The molecule has 4 rings (SSSR count). The highest BCUT2D eigenvalue weighted by molar-refractivity contribution is 6.51. The van der Waals surface area contributed by atoms with E-state index < -0.39 is 29.4 Å². The van der Waals surface area contributed by atoms with Crippen LogP contribution in [0.2, 0.25) is 0 Å². The highest BCUT2D eigenvalue weighted by atomic mass is 19.1. The summed E-state index contributed by atoms with van der Waals surface area (Å²) in [4.78, 5) is 27.0. The summed E-state index contributed by atoms with van der Waals surface area (Å²) >= 11 is 0. The monoisotopic (exact) mass is 405 g/mol. The number of halogens is 2. The van der Waals surface area contributed by atoms with Gasteiger partial charge in [-0.15, -0.1) is 0 Å². The molecule has 150 valence electrons. The second-order valence-electron chi connectivity index (χ2n) is 7.07. The van der Waals surface area contributed by atoms with E-state index in [1.807, 2.05) is 6.92 Å². The van der Waals surface area contributed by atoms with Crippen molar-refractivity contribution in [3.05, 3.63) is 107 Å². The maximum Gasteiger partial charge on any atom is 0.300 e. The lowest BCUT2D eigenvalue weighted by molar-refractivity contribution is -0.132. The smallest absolute Gasteiger partial charge is 0.300 e. The number of hydrogen-bond donors (Lipinski definition) is 1. The number of carbonyl (C=O) groups is 2. The van der Waals surface area contributed by atoms with Gasteiger partial charge in [0.15, 0.2) is 0 Å². The molecular formula is C24H17F2NO3. The van der Waals surface area contributed by atoms with Gasteiger partial charge in [-0.1, -0.05) is 42.0 Å². The molecule has 1 aliphatic rings. The largest absolute Gasteiger partial charge is 0.507 e. The Kier molecular flexibility index (Phi) is 4.91. The number of rotatable bonds is 3. The Morgan fingerprint density at radius 2 is 1.57 bits per heavy atom. The van der Waals surface area contributed by atoms with Crippen LogP contribution in [0.25, 0.3) is 5.76 Å². The minimum atomic E-state index is -1.06. The third-order valence-electron chi connectivity index (χ3n) is 5.04. The molecule has 3 aromatic carbocycles. The van der Waals surface area contributed by atoms with Crippen molar-refractivity contribution in [3.8, 4) is 0 Å². The molecule has 1 amide bonds. The van der Waals surface area contributed by atoms with Gasteiger partial charge in [0.25, 0.3) is 11.7 Å². The molecule has 1 aliphatic heterocycles. The summed E-state index contributed by atoms with van der Waals surface area (Å²) in [6.07, 6.45) is 0. The van der Waals surface area contributed by atoms with E-state index in [-0.39, 0.29) is 17.0 Å². The Morgan fingerprint density at radius 1 is 0.900 bits per heavy atom. The topological polar surface area (TPSA) is 57.6 Å². The van der Waals surface area contributed by atoms with E-state index in [0.29, 0.717) is 11.1 Å². The first-order valence-electron chi connectivity index (χ1n) is 9.26. The van der Waals surface area contributed by atoms with Crippen molar-refractivity contribution in [3.63, 3.8) is 0 Å². The lowest BCUT2D eigenvalue weighted by Gasteiger charge is -2.25. The molecule has 0 bridgehead atoms. The Labute approximate surface area is 171 Å². The fourth-order valence-electron chi connectivity index (χ4n) is 3.56. The first-order valence-corrected chi connectivity index (χ1v) is 9.26. The second kappa shape index (κ2) is 7.55. The molecule has 1 saturated heterocycles. The lowest BCUT2D eigenvalue weighted by atomic mass is 9.95. The van der Waals surface area contributed by atoms with Crippen molar-refractivity contribution in [2.24, 2.45) is 0 Å². The molecule has 0 aromatic heterocycles. The van der Waals surface area contributed by atoms with Crippen LogP contribution in [0.1, 0.15) is 22.7 Å². The number of aliphatic hydroxyl groups excluding tert-OH is 1. The standard InChI is InChI=1S/C24H17F2NO3/c1-14-5-7-15(8-6-14)22(28)20-21(16-3-2-4-18(26)13-16)27(24(30)23(20)29)19-11-9-17(25)10-12-19/h2-13,21,28H,1H3/t21-/m1/s1. The van der Waals surface area contributed by atoms with Crippen LogP contribution >= 0.6 is 0 Å². The Hall–Kier alpha value is -3.80. The summed E-state index contributed by atoms with van der Waals surface area (Å²) in [5.41, 5.74) is 1.74. The van der Waals surface area contributed by atoms with Gasteiger partial charge in [-0.05, 0) is 48.9 Å². The zero-order valence-corrected chi connectivity index (χ0v) is 16.0. The summed E-state index contributed by atoms with van der Waals surface area (Å²) in [5.74, 6) is -3.19. The van der Waals surface area contributed by atoms with Crippen molar-refractivity contribution >= 4 is 23.1 Å². The van der Waals surface area contributed by atoms with E-state index >= 15 is 0 Å². The highest BCUT2D eigenvalue weighted by Crippen LogP contribution is 2.42. The number of benzene rings is 3. The maximum atomic E-state index is 14.0. The summed E-state index contributed by atoms with van der Waals surface area (Å²) in [5, 5.41) is 10.9. The molecule has 0 radical (unpaired) electrons.